The molecule has 0 radical (unpaired) electrons. The average molecular weight is 330 g/mol. The zero-order valence-corrected chi connectivity index (χ0v) is 11.4. The van der Waals surface area contributed by atoms with E-state index in [0.29, 0.717) is 5.25 Å². The van der Waals surface area contributed by atoms with Crippen LogP contribution in [0.2, 0.25) is 0 Å². The van der Waals surface area contributed by atoms with Crippen molar-refractivity contribution in [3.63, 3.8) is 0 Å². The molecule has 2 heterocycles. The van der Waals surface area contributed by atoms with E-state index in [0.717, 1.165) is 11.9 Å². The molecule has 0 spiro atoms. The lowest BCUT2D eigenvalue weighted by Gasteiger charge is -2.32. The Bertz CT molecular complexity index is 187. The molecule has 2 nitrogen and oxygen atoms in total. The van der Waals surface area contributed by atoms with Gasteiger partial charge >= 0.3 is 0 Å². The van der Waals surface area contributed by atoms with Crippen molar-refractivity contribution in [3.8, 4) is 0 Å². The molecule has 76 valence electrons. The zero-order valence-electron chi connectivity index (χ0n) is 7.43. The molecule has 2 saturated heterocycles. The lowest BCUT2D eigenvalue weighted by atomic mass is 10.4. The molecular formula is C8H14Br2N2S. The summed E-state index contributed by atoms with van der Waals surface area (Å²) in [7, 11) is 0. The van der Waals surface area contributed by atoms with Gasteiger partial charge in [-0.2, -0.15) is 0 Å². The SMILES string of the molecule is BrC[C@@H]1CN[C@@](Br)(N2CCCC2)S1. The van der Waals surface area contributed by atoms with Gasteiger partial charge in [0.05, 0.1) is 0 Å². The van der Waals surface area contributed by atoms with Gasteiger partial charge in [-0.05, 0) is 28.8 Å². The quantitative estimate of drug-likeness (QED) is 0.617. The van der Waals surface area contributed by atoms with Gasteiger partial charge < -0.3 is 0 Å². The predicted molar refractivity (Wildman–Crippen MR) is 65.6 cm³/mol. The van der Waals surface area contributed by atoms with Crippen molar-refractivity contribution in [1.82, 2.24) is 10.2 Å². The topological polar surface area (TPSA) is 15.3 Å². The van der Waals surface area contributed by atoms with Gasteiger partial charge in [0.25, 0.3) is 0 Å². The first kappa shape index (κ1) is 10.7. The first-order valence-electron chi connectivity index (χ1n) is 4.67. The van der Waals surface area contributed by atoms with E-state index in [4.69, 9.17) is 0 Å². The van der Waals surface area contributed by atoms with Crippen LogP contribution in [0.1, 0.15) is 12.8 Å². The highest BCUT2D eigenvalue weighted by Crippen LogP contribution is 2.42. The van der Waals surface area contributed by atoms with Gasteiger partial charge in [-0.3, -0.25) is 10.2 Å². The molecule has 13 heavy (non-hydrogen) atoms. The third-order valence-electron chi connectivity index (χ3n) is 2.56. The Morgan fingerprint density at radius 1 is 1.46 bits per heavy atom. The molecule has 2 atom stereocenters. The van der Waals surface area contributed by atoms with E-state index in [1.807, 2.05) is 11.8 Å². The highest BCUT2D eigenvalue weighted by atomic mass is 79.9. The van der Waals surface area contributed by atoms with E-state index in [9.17, 15) is 0 Å². The lowest BCUT2D eigenvalue weighted by Crippen LogP contribution is -2.46. The molecule has 0 saturated carbocycles. The van der Waals surface area contributed by atoms with Gasteiger partial charge in [0.15, 0.2) is 3.90 Å². The van der Waals surface area contributed by atoms with Gasteiger partial charge in [0.2, 0.25) is 0 Å². The van der Waals surface area contributed by atoms with Crippen LogP contribution in [-0.2, 0) is 0 Å². The third kappa shape index (κ3) is 2.25. The molecule has 0 bridgehead atoms. The van der Waals surface area contributed by atoms with Gasteiger partial charge in [0, 0.05) is 30.2 Å². The number of alkyl halides is 2. The number of thioether (sulfide) groups is 1. The minimum absolute atomic E-state index is 0.0297. The number of hydrogen-bond acceptors (Lipinski definition) is 3. The van der Waals surface area contributed by atoms with Crippen LogP contribution >= 0.6 is 43.6 Å². The van der Waals surface area contributed by atoms with E-state index in [2.05, 4.69) is 42.1 Å². The Balaban J connectivity index is 1.96. The molecule has 0 aromatic heterocycles. The second kappa shape index (κ2) is 4.39. The van der Waals surface area contributed by atoms with Crippen LogP contribution in [0, 0.1) is 0 Å². The molecule has 0 aromatic carbocycles. The van der Waals surface area contributed by atoms with Crippen molar-refractivity contribution in [3.05, 3.63) is 0 Å². The van der Waals surface area contributed by atoms with Gasteiger partial charge in [-0.15, -0.1) is 11.8 Å². The zero-order chi connectivity index (χ0) is 9.31. The van der Waals surface area contributed by atoms with Crippen molar-refractivity contribution in [2.45, 2.75) is 22.0 Å². The maximum Gasteiger partial charge on any atom is 0.177 e. The summed E-state index contributed by atoms with van der Waals surface area (Å²) >= 11 is 9.34. The highest BCUT2D eigenvalue weighted by Gasteiger charge is 2.42. The number of rotatable bonds is 2. The van der Waals surface area contributed by atoms with Crippen LogP contribution in [0.15, 0.2) is 0 Å². The Kier molecular flexibility index (Phi) is 3.63. The maximum absolute atomic E-state index is 3.81. The lowest BCUT2D eigenvalue weighted by molar-refractivity contribution is 0.269. The molecule has 0 amide bonds. The number of hydrogen-bond donors (Lipinski definition) is 1. The summed E-state index contributed by atoms with van der Waals surface area (Å²) in [4.78, 5) is 2.50. The largest absolute Gasteiger partial charge is 0.280 e. The Hall–Kier alpha value is 1.23. The summed E-state index contributed by atoms with van der Waals surface area (Å²) in [6.45, 7) is 3.54. The predicted octanol–water partition coefficient (Wildman–Crippen LogP) is 2.19. The number of nitrogens with one attached hydrogen (secondary N) is 1. The van der Waals surface area contributed by atoms with Gasteiger partial charge in [0.1, 0.15) is 0 Å². The molecule has 0 unspecified atom stereocenters. The van der Waals surface area contributed by atoms with E-state index in [1.165, 1.54) is 25.9 Å². The van der Waals surface area contributed by atoms with Crippen LogP contribution in [0.5, 0.6) is 0 Å². The fourth-order valence-electron chi connectivity index (χ4n) is 1.82. The Morgan fingerprint density at radius 2 is 2.15 bits per heavy atom. The van der Waals surface area contributed by atoms with Gasteiger partial charge in [-0.1, -0.05) is 15.9 Å². The van der Waals surface area contributed by atoms with E-state index in [-0.39, 0.29) is 3.90 Å². The molecular weight excluding hydrogens is 316 g/mol. The van der Waals surface area contributed by atoms with Crippen LogP contribution in [0.25, 0.3) is 0 Å². The summed E-state index contributed by atoms with van der Waals surface area (Å²) in [6, 6.07) is 0. The monoisotopic (exact) mass is 328 g/mol. The second-order valence-electron chi connectivity index (χ2n) is 3.53. The van der Waals surface area contributed by atoms with E-state index < -0.39 is 0 Å². The maximum atomic E-state index is 3.81. The highest BCUT2D eigenvalue weighted by molar-refractivity contribution is 9.12. The number of halogens is 2. The fraction of sp³-hybridized carbons (Fsp3) is 1.00. The van der Waals surface area contributed by atoms with Crippen molar-refractivity contribution in [1.29, 1.82) is 0 Å². The molecule has 5 heteroatoms. The Labute approximate surface area is 100 Å². The fourth-order valence-corrected chi connectivity index (χ4v) is 4.93. The normalized spacial score (nSPS) is 41.5. The van der Waals surface area contributed by atoms with Crippen molar-refractivity contribution >= 4 is 43.6 Å². The minimum Gasteiger partial charge on any atom is -0.280 e. The Morgan fingerprint density at radius 3 is 2.69 bits per heavy atom. The first-order valence-corrected chi connectivity index (χ1v) is 7.47. The molecule has 2 aliphatic heterocycles. The van der Waals surface area contributed by atoms with Crippen LogP contribution < -0.4 is 5.32 Å². The molecule has 2 fully saturated rings. The smallest absolute Gasteiger partial charge is 0.177 e. The average Bonchev–Trinajstić information content (AvgIpc) is 2.72. The summed E-state index contributed by atoms with van der Waals surface area (Å²) in [5.41, 5.74) is 0. The molecule has 0 aliphatic carbocycles. The van der Waals surface area contributed by atoms with Crippen molar-refractivity contribution in [2.24, 2.45) is 0 Å². The molecule has 0 aromatic rings. The minimum atomic E-state index is 0.0297. The van der Waals surface area contributed by atoms with Crippen molar-refractivity contribution < 1.29 is 0 Å². The third-order valence-corrected chi connectivity index (χ3v) is 6.49. The van der Waals surface area contributed by atoms with E-state index in [1.54, 1.807) is 0 Å². The summed E-state index contributed by atoms with van der Waals surface area (Å²) in [5, 5.41) is 5.32. The summed E-state index contributed by atoms with van der Waals surface area (Å²) in [5.74, 6) is 0. The van der Waals surface area contributed by atoms with E-state index >= 15 is 0 Å². The second-order valence-corrected chi connectivity index (χ2v) is 7.34. The number of nitrogens with zero attached hydrogens (tertiary/aromatic N) is 1. The molecule has 1 N–H and O–H groups in total. The molecule has 2 rings (SSSR count). The molecule has 2 aliphatic rings. The van der Waals surface area contributed by atoms with Crippen LogP contribution in [0.4, 0.5) is 0 Å². The van der Waals surface area contributed by atoms with Gasteiger partial charge in [-0.25, -0.2) is 0 Å². The standard InChI is InChI=1S/C8H14Br2N2S/c9-5-7-6-11-8(10,13-7)12-3-1-2-4-12/h7,11H,1-6H2/t7-,8+/m1/s1. The first-order chi connectivity index (χ1) is 6.24. The number of likely N-dealkylation sites (tertiary alicyclic amines) is 1. The summed E-state index contributed by atoms with van der Waals surface area (Å²) in [6.07, 6.45) is 2.68. The van der Waals surface area contributed by atoms with Crippen molar-refractivity contribution in [2.75, 3.05) is 25.0 Å². The van der Waals surface area contributed by atoms with Crippen LogP contribution in [-0.4, -0.2) is 39.0 Å². The van der Waals surface area contributed by atoms with Crippen LogP contribution in [0.3, 0.4) is 0 Å². The summed E-state index contributed by atoms with van der Waals surface area (Å²) < 4.78 is 0.0297.